The maximum atomic E-state index is 5.81. The van der Waals surface area contributed by atoms with E-state index in [9.17, 15) is 0 Å². The van der Waals surface area contributed by atoms with Gasteiger partial charge >= 0.3 is 0 Å². The van der Waals surface area contributed by atoms with Gasteiger partial charge in [-0.2, -0.15) is 0 Å². The van der Waals surface area contributed by atoms with Crippen LogP contribution in [0.3, 0.4) is 0 Å². The quantitative estimate of drug-likeness (QED) is 0.655. The van der Waals surface area contributed by atoms with E-state index < -0.39 is 0 Å². The van der Waals surface area contributed by atoms with Gasteiger partial charge in [0.25, 0.3) is 0 Å². The molecule has 2 heteroatoms. The standard InChI is InChI=1S/C11H12O2/c1-2-11-7-10(13-11)8-5-3-4-6-9(8)12-11/h3-6,10H,2,7H2,1H3. The molecule has 0 radical (unpaired) electrons. The number of rotatable bonds is 1. The average Bonchev–Trinajstić information content (AvgIpc) is 2.15. The molecule has 3 aliphatic heterocycles. The molecule has 2 nitrogen and oxygen atoms in total. The molecular formula is C11H12O2. The first-order chi connectivity index (χ1) is 6.33. The first-order valence-electron chi connectivity index (χ1n) is 4.79. The highest BCUT2D eigenvalue weighted by molar-refractivity contribution is 5.39. The molecule has 0 saturated carbocycles. The summed E-state index contributed by atoms with van der Waals surface area (Å²) >= 11 is 0. The summed E-state index contributed by atoms with van der Waals surface area (Å²) in [6, 6.07) is 8.14. The third-order valence-corrected chi connectivity index (χ3v) is 2.95. The smallest absolute Gasteiger partial charge is 0.213 e. The van der Waals surface area contributed by atoms with Gasteiger partial charge in [0.1, 0.15) is 5.75 Å². The molecule has 1 aromatic carbocycles. The normalized spacial score (nSPS) is 34.4. The third kappa shape index (κ3) is 0.866. The highest BCUT2D eigenvalue weighted by Crippen LogP contribution is 2.53. The Morgan fingerprint density at radius 2 is 2.23 bits per heavy atom. The van der Waals surface area contributed by atoms with Crippen LogP contribution < -0.4 is 4.74 Å². The molecule has 68 valence electrons. The maximum Gasteiger partial charge on any atom is 0.213 e. The van der Waals surface area contributed by atoms with E-state index in [2.05, 4.69) is 13.0 Å². The second kappa shape index (κ2) is 2.26. The molecule has 1 fully saturated rings. The van der Waals surface area contributed by atoms with Gasteiger partial charge in [0.2, 0.25) is 5.79 Å². The molecule has 1 saturated heterocycles. The molecule has 3 aliphatic rings. The number of ether oxygens (including phenoxy) is 2. The Bertz CT molecular complexity index is 340. The fourth-order valence-electron chi connectivity index (χ4n) is 2.11. The fraction of sp³-hybridized carbons (Fsp3) is 0.455. The van der Waals surface area contributed by atoms with Gasteiger partial charge in [-0.25, -0.2) is 0 Å². The van der Waals surface area contributed by atoms with Crippen LogP contribution in [0, 0.1) is 0 Å². The van der Waals surface area contributed by atoms with Crippen LogP contribution in [-0.4, -0.2) is 5.79 Å². The van der Waals surface area contributed by atoms with Gasteiger partial charge in [-0.1, -0.05) is 25.1 Å². The van der Waals surface area contributed by atoms with Crippen LogP contribution >= 0.6 is 0 Å². The van der Waals surface area contributed by atoms with Crippen molar-refractivity contribution in [3.63, 3.8) is 0 Å². The van der Waals surface area contributed by atoms with Gasteiger partial charge in [0, 0.05) is 18.4 Å². The zero-order valence-electron chi connectivity index (χ0n) is 7.62. The van der Waals surface area contributed by atoms with Crippen molar-refractivity contribution < 1.29 is 9.47 Å². The van der Waals surface area contributed by atoms with Crippen molar-refractivity contribution in [3.05, 3.63) is 29.8 Å². The minimum absolute atomic E-state index is 0.282. The van der Waals surface area contributed by atoms with Crippen LogP contribution in [0.5, 0.6) is 5.75 Å². The molecule has 0 spiro atoms. The Morgan fingerprint density at radius 1 is 1.46 bits per heavy atom. The van der Waals surface area contributed by atoms with Gasteiger partial charge in [-0.15, -0.1) is 0 Å². The number of hydrogen-bond acceptors (Lipinski definition) is 2. The van der Waals surface area contributed by atoms with E-state index in [-0.39, 0.29) is 11.9 Å². The lowest BCUT2D eigenvalue weighted by atomic mass is 9.89. The van der Waals surface area contributed by atoms with E-state index in [4.69, 9.17) is 9.47 Å². The molecule has 3 heterocycles. The van der Waals surface area contributed by atoms with Crippen molar-refractivity contribution in [1.29, 1.82) is 0 Å². The molecule has 2 bridgehead atoms. The Kier molecular flexibility index (Phi) is 1.29. The van der Waals surface area contributed by atoms with Crippen LogP contribution in [0.2, 0.25) is 0 Å². The molecule has 2 unspecified atom stereocenters. The largest absolute Gasteiger partial charge is 0.462 e. The first-order valence-corrected chi connectivity index (χ1v) is 4.79. The summed E-state index contributed by atoms with van der Waals surface area (Å²) in [6.07, 6.45) is 2.23. The van der Waals surface area contributed by atoms with Gasteiger partial charge in [-0.3, -0.25) is 0 Å². The van der Waals surface area contributed by atoms with Gasteiger partial charge in [-0.05, 0) is 6.07 Å². The molecule has 0 N–H and O–H groups in total. The van der Waals surface area contributed by atoms with Crippen molar-refractivity contribution in [2.75, 3.05) is 0 Å². The summed E-state index contributed by atoms with van der Waals surface area (Å²) in [6.45, 7) is 2.10. The molecule has 2 atom stereocenters. The van der Waals surface area contributed by atoms with Crippen molar-refractivity contribution in [2.24, 2.45) is 0 Å². The van der Waals surface area contributed by atoms with Crippen molar-refractivity contribution in [1.82, 2.24) is 0 Å². The summed E-state index contributed by atoms with van der Waals surface area (Å²) in [4.78, 5) is 0. The highest BCUT2D eigenvalue weighted by atomic mass is 16.7. The summed E-state index contributed by atoms with van der Waals surface area (Å²) in [5.41, 5.74) is 1.21. The molecule has 4 rings (SSSR count). The SMILES string of the molecule is CCC12CC(O1)c1ccccc1O2. The Hall–Kier alpha value is -1.02. The van der Waals surface area contributed by atoms with E-state index >= 15 is 0 Å². The van der Waals surface area contributed by atoms with Crippen LogP contribution in [0.15, 0.2) is 24.3 Å². The van der Waals surface area contributed by atoms with Crippen LogP contribution in [0.4, 0.5) is 0 Å². The molecule has 0 amide bonds. The second-order valence-electron chi connectivity index (χ2n) is 3.71. The summed E-state index contributed by atoms with van der Waals surface area (Å²) < 4.78 is 11.5. The lowest BCUT2D eigenvalue weighted by Gasteiger charge is -2.51. The lowest BCUT2D eigenvalue weighted by molar-refractivity contribution is -0.325. The predicted octanol–water partition coefficient (Wildman–Crippen LogP) is 2.65. The molecule has 0 aliphatic carbocycles. The number of benzene rings is 1. The zero-order valence-corrected chi connectivity index (χ0v) is 7.62. The van der Waals surface area contributed by atoms with E-state index in [1.54, 1.807) is 0 Å². The van der Waals surface area contributed by atoms with E-state index in [1.807, 2.05) is 18.2 Å². The Balaban J connectivity index is 2.04. The topological polar surface area (TPSA) is 18.5 Å². The fourth-order valence-corrected chi connectivity index (χ4v) is 2.11. The average molecular weight is 176 g/mol. The number of hydrogen-bond donors (Lipinski definition) is 0. The van der Waals surface area contributed by atoms with Crippen LogP contribution in [0.1, 0.15) is 31.4 Å². The van der Waals surface area contributed by atoms with E-state index in [0.717, 1.165) is 18.6 Å². The van der Waals surface area contributed by atoms with Gasteiger partial charge in [0.15, 0.2) is 0 Å². The van der Waals surface area contributed by atoms with Crippen molar-refractivity contribution in [2.45, 2.75) is 31.7 Å². The summed E-state index contributed by atoms with van der Waals surface area (Å²) in [7, 11) is 0. The molecule has 0 aromatic heterocycles. The van der Waals surface area contributed by atoms with Crippen molar-refractivity contribution in [3.8, 4) is 5.75 Å². The maximum absolute atomic E-state index is 5.81. The zero-order chi connectivity index (χ0) is 8.89. The molecule has 13 heavy (non-hydrogen) atoms. The molecule has 1 aromatic rings. The lowest BCUT2D eigenvalue weighted by Crippen LogP contribution is -2.53. The highest BCUT2D eigenvalue weighted by Gasteiger charge is 2.52. The minimum atomic E-state index is -0.293. The second-order valence-corrected chi connectivity index (χ2v) is 3.71. The van der Waals surface area contributed by atoms with E-state index in [0.29, 0.717) is 0 Å². The van der Waals surface area contributed by atoms with Gasteiger partial charge < -0.3 is 9.47 Å². The Labute approximate surface area is 77.5 Å². The third-order valence-electron chi connectivity index (χ3n) is 2.95. The predicted molar refractivity (Wildman–Crippen MR) is 48.5 cm³/mol. The van der Waals surface area contributed by atoms with Gasteiger partial charge in [0.05, 0.1) is 6.10 Å². The van der Waals surface area contributed by atoms with Crippen LogP contribution in [-0.2, 0) is 4.74 Å². The molecular weight excluding hydrogens is 164 g/mol. The summed E-state index contributed by atoms with van der Waals surface area (Å²) in [5.74, 6) is 0.714. The minimum Gasteiger partial charge on any atom is -0.462 e. The van der Waals surface area contributed by atoms with Crippen LogP contribution in [0.25, 0.3) is 0 Å². The number of para-hydroxylation sites is 1. The first kappa shape index (κ1) is 7.39. The summed E-state index contributed by atoms with van der Waals surface area (Å²) in [5, 5.41) is 0. The monoisotopic (exact) mass is 176 g/mol. The Morgan fingerprint density at radius 3 is 3.00 bits per heavy atom. The van der Waals surface area contributed by atoms with Crippen molar-refractivity contribution >= 4 is 0 Å². The van der Waals surface area contributed by atoms with E-state index in [1.165, 1.54) is 5.56 Å².